The average Bonchev–Trinajstić information content (AvgIpc) is 3.12. The number of hydrogen-bond donors (Lipinski definition) is 3. The molecule has 9 nitrogen and oxygen atoms in total. The van der Waals surface area contributed by atoms with E-state index in [1.165, 1.54) is 0 Å². The van der Waals surface area contributed by atoms with Crippen LogP contribution < -0.4 is 11.1 Å². The summed E-state index contributed by atoms with van der Waals surface area (Å²) in [4.78, 5) is 15.3. The molecule has 0 amide bonds. The van der Waals surface area contributed by atoms with Crippen LogP contribution in [0.25, 0.3) is 22.2 Å². The fourth-order valence-electron chi connectivity index (χ4n) is 2.10. The quantitative estimate of drug-likeness (QED) is 0.508. The van der Waals surface area contributed by atoms with Gasteiger partial charge in [0.05, 0.1) is 6.33 Å². The van der Waals surface area contributed by atoms with Crippen molar-refractivity contribution in [3.8, 4) is 0 Å². The maximum atomic E-state index is 5.67. The molecular weight excluding hydrogens is 272 g/mol. The summed E-state index contributed by atoms with van der Waals surface area (Å²) in [6.07, 6.45) is 1.55. The lowest BCUT2D eigenvalue weighted by Gasteiger charge is -2.06. The van der Waals surface area contributed by atoms with E-state index in [1.54, 1.807) is 6.33 Å². The number of hydrogen-bond acceptors (Lipinski definition) is 8. The predicted octanol–water partition coefficient (Wildman–Crippen LogP) is 1.08. The number of nitrogens with one attached hydrogen (secondary N) is 2. The van der Waals surface area contributed by atoms with Gasteiger partial charge in [-0.05, 0) is 28.0 Å². The summed E-state index contributed by atoms with van der Waals surface area (Å²) in [6, 6.07) is 5.69. The second kappa shape index (κ2) is 4.40. The minimum absolute atomic E-state index is 0.174. The van der Waals surface area contributed by atoms with Crippen molar-refractivity contribution in [2.24, 2.45) is 0 Å². The Balaban J connectivity index is 1.64. The van der Waals surface area contributed by atoms with E-state index in [9.17, 15) is 0 Å². The number of nitrogens with two attached hydrogens (primary N) is 1. The Kier molecular flexibility index (Phi) is 2.43. The van der Waals surface area contributed by atoms with Crippen molar-refractivity contribution in [3.63, 3.8) is 0 Å². The SMILES string of the molecule is Nc1nc(NCc2ccc3nonc3c2)c2[nH]cnc2n1. The van der Waals surface area contributed by atoms with E-state index >= 15 is 0 Å². The zero-order valence-corrected chi connectivity index (χ0v) is 10.7. The third-order valence-electron chi connectivity index (χ3n) is 3.08. The molecule has 0 saturated carbocycles. The van der Waals surface area contributed by atoms with E-state index in [0.29, 0.717) is 29.0 Å². The molecule has 4 N–H and O–H groups in total. The minimum atomic E-state index is 0.174. The maximum absolute atomic E-state index is 5.67. The van der Waals surface area contributed by atoms with Crippen LogP contribution in [0.1, 0.15) is 5.56 Å². The largest absolute Gasteiger partial charge is 0.368 e. The average molecular weight is 282 g/mol. The molecule has 0 atom stereocenters. The molecule has 4 aromatic rings. The molecule has 0 bridgehead atoms. The molecule has 0 aliphatic carbocycles. The number of rotatable bonds is 3. The Morgan fingerprint density at radius 3 is 3.05 bits per heavy atom. The third-order valence-corrected chi connectivity index (χ3v) is 3.08. The molecule has 0 radical (unpaired) electrons. The Morgan fingerprint density at radius 2 is 2.10 bits per heavy atom. The Bertz CT molecular complexity index is 927. The van der Waals surface area contributed by atoms with Gasteiger partial charge < -0.3 is 16.0 Å². The highest BCUT2D eigenvalue weighted by atomic mass is 16.6. The van der Waals surface area contributed by atoms with E-state index in [1.807, 2.05) is 18.2 Å². The van der Waals surface area contributed by atoms with Crippen molar-refractivity contribution >= 4 is 34.0 Å². The van der Waals surface area contributed by atoms with Crippen LogP contribution in [0.15, 0.2) is 29.2 Å². The molecule has 3 heterocycles. The van der Waals surface area contributed by atoms with Gasteiger partial charge in [-0.25, -0.2) is 9.61 Å². The van der Waals surface area contributed by atoms with Gasteiger partial charge in [0.1, 0.15) is 16.6 Å². The zero-order chi connectivity index (χ0) is 14.2. The molecule has 0 aliphatic rings. The molecule has 0 saturated heterocycles. The number of aromatic nitrogens is 6. The monoisotopic (exact) mass is 282 g/mol. The summed E-state index contributed by atoms with van der Waals surface area (Å²) in [5.74, 6) is 0.779. The standard InChI is InChI=1S/C12H10N8O/c13-12-17-10(9-11(18-12)16-5-15-9)14-4-6-1-2-7-8(3-6)20-21-19-7/h1-3,5H,4H2,(H4,13,14,15,16,17,18). The van der Waals surface area contributed by atoms with Gasteiger partial charge in [0, 0.05) is 6.54 Å². The van der Waals surface area contributed by atoms with E-state index in [0.717, 1.165) is 11.1 Å². The van der Waals surface area contributed by atoms with E-state index in [-0.39, 0.29) is 5.95 Å². The molecule has 1 aromatic carbocycles. The van der Waals surface area contributed by atoms with Crippen molar-refractivity contribution in [1.29, 1.82) is 0 Å². The first-order chi connectivity index (χ1) is 10.3. The van der Waals surface area contributed by atoms with Crippen LogP contribution >= 0.6 is 0 Å². The molecule has 4 rings (SSSR count). The summed E-state index contributed by atoms with van der Waals surface area (Å²) in [5, 5.41) is 10.8. The number of nitrogen functional groups attached to an aromatic ring is 1. The summed E-state index contributed by atoms with van der Waals surface area (Å²) in [7, 11) is 0. The molecule has 104 valence electrons. The van der Waals surface area contributed by atoms with Crippen LogP contribution in [0.2, 0.25) is 0 Å². The van der Waals surface area contributed by atoms with Crippen LogP contribution in [0.3, 0.4) is 0 Å². The number of imidazole rings is 1. The summed E-state index contributed by atoms with van der Waals surface area (Å²) < 4.78 is 4.67. The highest BCUT2D eigenvalue weighted by Crippen LogP contribution is 2.19. The van der Waals surface area contributed by atoms with Gasteiger partial charge >= 0.3 is 0 Å². The van der Waals surface area contributed by atoms with Crippen LogP contribution in [0, 0.1) is 0 Å². The van der Waals surface area contributed by atoms with E-state index in [2.05, 4.69) is 40.2 Å². The van der Waals surface area contributed by atoms with Gasteiger partial charge in [-0.15, -0.1) is 0 Å². The number of fused-ring (bicyclic) bond motifs is 2. The normalized spacial score (nSPS) is 11.2. The van der Waals surface area contributed by atoms with Crippen molar-refractivity contribution in [2.45, 2.75) is 6.54 Å². The van der Waals surface area contributed by atoms with Gasteiger partial charge in [-0.2, -0.15) is 9.97 Å². The molecular formula is C12H10N8O. The van der Waals surface area contributed by atoms with Crippen LogP contribution in [0.4, 0.5) is 11.8 Å². The predicted molar refractivity (Wildman–Crippen MR) is 75.2 cm³/mol. The molecule has 9 heteroatoms. The van der Waals surface area contributed by atoms with Gasteiger partial charge in [0.15, 0.2) is 11.5 Å². The summed E-state index contributed by atoms with van der Waals surface area (Å²) in [6.45, 7) is 0.549. The number of H-pyrrole nitrogens is 1. The summed E-state index contributed by atoms with van der Waals surface area (Å²) in [5.41, 5.74) is 9.36. The minimum Gasteiger partial charge on any atom is -0.368 e. The highest BCUT2D eigenvalue weighted by Gasteiger charge is 2.08. The van der Waals surface area contributed by atoms with Crippen LogP contribution in [-0.2, 0) is 6.54 Å². The molecule has 0 spiro atoms. The molecule has 0 aliphatic heterocycles. The summed E-state index contributed by atoms with van der Waals surface area (Å²) >= 11 is 0. The van der Waals surface area contributed by atoms with Gasteiger partial charge in [-0.3, -0.25) is 0 Å². The first kappa shape index (κ1) is 11.6. The van der Waals surface area contributed by atoms with Gasteiger partial charge in [-0.1, -0.05) is 6.07 Å². The van der Waals surface area contributed by atoms with E-state index in [4.69, 9.17) is 5.73 Å². The fourth-order valence-corrected chi connectivity index (χ4v) is 2.10. The van der Waals surface area contributed by atoms with Crippen molar-refractivity contribution in [1.82, 2.24) is 30.2 Å². The van der Waals surface area contributed by atoms with Crippen molar-refractivity contribution in [2.75, 3.05) is 11.1 Å². The molecule has 21 heavy (non-hydrogen) atoms. The van der Waals surface area contributed by atoms with Crippen LogP contribution in [-0.4, -0.2) is 30.2 Å². The lowest BCUT2D eigenvalue weighted by Crippen LogP contribution is -2.05. The second-order valence-corrected chi connectivity index (χ2v) is 4.47. The van der Waals surface area contributed by atoms with Gasteiger partial charge in [0.25, 0.3) is 0 Å². The molecule has 0 unspecified atom stereocenters. The first-order valence-corrected chi connectivity index (χ1v) is 6.21. The second-order valence-electron chi connectivity index (χ2n) is 4.47. The number of benzene rings is 1. The lowest BCUT2D eigenvalue weighted by atomic mass is 10.2. The first-order valence-electron chi connectivity index (χ1n) is 6.21. The van der Waals surface area contributed by atoms with Crippen LogP contribution in [0.5, 0.6) is 0 Å². The molecule has 3 aromatic heterocycles. The van der Waals surface area contributed by atoms with E-state index < -0.39 is 0 Å². The smallest absolute Gasteiger partial charge is 0.224 e. The lowest BCUT2D eigenvalue weighted by molar-refractivity contribution is 0.315. The molecule has 0 fully saturated rings. The highest BCUT2D eigenvalue weighted by molar-refractivity contribution is 5.83. The zero-order valence-electron chi connectivity index (χ0n) is 10.7. The third kappa shape index (κ3) is 2.00. The van der Waals surface area contributed by atoms with Crippen molar-refractivity contribution in [3.05, 3.63) is 30.1 Å². The van der Waals surface area contributed by atoms with Crippen molar-refractivity contribution < 1.29 is 4.63 Å². The number of nitrogens with zero attached hydrogens (tertiary/aromatic N) is 5. The topological polar surface area (TPSA) is 131 Å². The fraction of sp³-hybridized carbons (Fsp3) is 0.0833. The Hall–Kier alpha value is -3.23. The maximum Gasteiger partial charge on any atom is 0.224 e. The Labute approximate surface area is 117 Å². The van der Waals surface area contributed by atoms with Gasteiger partial charge in [0.2, 0.25) is 5.95 Å². The number of aromatic amines is 1. The number of anilines is 2. The Morgan fingerprint density at radius 1 is 1.19 bits per heavy atom.